The SMILES string of the molecule is CCN(CC(=O)O)C1CC(NC(=O)c2sccc2S(=O)(=O)N(C)C)C1. The topological polar surface area (TPSA) is 107 Å². The second kappa shape index (κ2) is 7.81. The molecule has 1 aromatic heterocycles. The van der Waals surface area contributed by atoms with Gasteiger partial charge in [0.2, 0.25) is 10.0 Å². The van der Waals surface area contributed by atoms with Crippen LogP contribution in [0, 0.1) is 0 Å². The largest absolute Gasteiger partial charge is 0.480 e. The number of hydrogen-bond donors (Lipinski definition) is 2. The molecular formula is C15H23N3O5S2. The minimum atomic E-state index is -3.67. The van der Waals surface area contributed by atoms with Crippen LogP contribution in [-0.2, 0) is 14.8 Å². The summed E-state index contributed by atoms with van der Waals surface area (Å²) in [4.78, 5) is 25.3. The van der Waals surface area contributed by atoms with E-state index in [1.807, 2.05) is 11.8 Å². The highest BCUT2D eigenvalue weighted by molar-refractivity contribution is 7.89. The van der Waals surface area contributed by atoms with Crippen molar-refractivity contribution in [3.05, 3.63) is 16.3 Å². The van der Waals surface area contributed by atoms with Gasteiger partial charge in [-0.2, -0.15) is 0 Å². The highest BCUT2D eigenvalue weighted by Crippen LogP contribution is 2.28. The normalized spacial score (nSPS) is 20.5. The van der Waals surface area contributed by atoms with E-state index in [0.717, 1.165) is 15.6 Å². The van der Waals surface area contributed by atoms with E-state index in [-0.39, 0.29) is 28.4 Å². The number of nitrogens with zero attached hydrogens (tertiary/aromatic N) is 2. The lowest BCUT2D eigenvalue weighted by Crippen LogP contribution is -2.54. The molecule has 1 heterocycles. The molecule has 25 heavy (non-hydrogen) atoms. The molecule has 1 aliphatic carbocycles. The quantitative estimate of drug-likeness (QED) is 0.677. The first-order valence-electron chi connectivity index (χ1n) is 7.93. The van der Waals surface area contributed by atoms with Gasteiger partial charge < -0.3 is 10.4 Å². The van der Waals surface area contributed by atoms with Crippen molar-refractivity contribution in [2.24, 2.45) is 0 Å². The zero-order valence-corrected chi connectivity index (χ0v) is 16.1. The Balaban J connectivity index is 1.98. The van der Waals surface area contributed by atoms with Crippen molar-refractivity contribution < 1.29 is 23.1 Å². The summed E-state index contributed by atoms with van der Waals surface area (Å²) < 4.78 is 25.6. The summed E-state index contributed by atoms with van der Waals surface area (Å²) >= 11 is 1.09. The van der Waals surface area contributed by atoms with Crippen LogP contribution in [0.15, 0.2) is 16.3 Å². The van der Waals surface area contributed by atoms with E-state index >= 15 is 0 Å². The minimum absolute atomic E-state index is 0.0111. The van der Waals surface area contributed by atoms with E-state index in [0.29, 0.717) is 19.4 Å². The molecule has 0 spiro atoms. The predicted octanol–water partition coefficient (Wildman–Crippen LogP) is 0.666. The van der Waals surface area contributed by atoms with Crippen LogP contribution in [0.2, 0.25) is 0 Å². The number of carboxylic acid groups (broad SMARTS) is 1. The highest BCUT2D eigenvalue weighted by Gasteiger charge is 2.36. The Morgan fingerprint density at radius 1 is 1.36 bits per heavy atom. The monoisotopic (exact) mass is 389 g/mol. The maximum absolute atomic E-state index is 12.4. The number of rotatable bonds is 8. The Morgan fingerprint density at radius 2 is 2.00 bits per heavy atom. The summed E-state index contributed by atoms with van der Waals surface area (Å²) in [5.74, 6) is -1.27. The molecular weight excluding hydrogens is 366 g/mol. The van der Waals surface area contributed by atoms with Gasteiger partial charge in [0, 0.05) is 26.2 Å². The van der Waals surface area contributed by atoms with Gasteiger partial charge in [-0.25, -0.2) is 12.7 Å². The van der Waals surface area contributed by atoms with Gasteiger partial charge >= 0.3 is 5.97 Å². The van der Waals surface area contributed by atoms with Gasteiger partial charge in [0.1, 0.15) is 9.77 Å². The minimum Gasteiger partial charge on any atom is -0.480 e. The van der Waals surface area contributed by atoms with Gasteiger partial charge in [0.25, 0.3) is 5.91 Å². The number of carbonyl (C=O) groups excluding carboxylic acids is 1. The Hall–Kier alpha value is -1.49. The maximum Gasteiger partial charge on any atom is 0.317 e. The van der Waals surface area contributed by atoms with Gasteiger partial charge in [0.05, 0.1) is 6.54 Å². The molecule has 0 aliphatic heterocycles. The molecule has 2 rings (SSSR count). The molecule has 0 aromatic carbocycles. The van der Waals surface area contributed by atoms with Crippen LogP contribution in [0.3, 0.4) is 0 Å². The van der Waals surface area contributed by atoms with Gasteiger partial charge in [-0.05, 0) is 30.8 Å². The third-order valence-corrected chi connectivity index (χ3v) is 7.20. The van der Waals surface area contributed by atoms with Crippen molar-refractivity contribution >= 4 is 33.2 Å². The van der Waals surface area contributed by atoms with E-state index in [2.05, 4.69) is 5.32 Å². The fourth-order valence-electron chi connectivity index (χ4n) is 2.79. The lowest BCUT2D eigenvalue weighted by Gasteiger charge is -2.42. The Labute approximate surface area is 151 Å². The summed E-state index contributed by atoms with van der Waals surface area (Å²) in [6.07, 6.45) is 1.32. The number of aliphatic carboxylic acids is 1. The first-order chi connectivity index (χ1) is 11.7. The Bertz CT molecular complexity index is 738. The van der Waals surface area contributed by atoms with E-state index < -0.39 is 21.9 Å². The van der Waals surface area contributed by atoms with Crippen molar-refractivity contribution in [3.8, 4) is 0 Å². The molecule has 0 unspecified atom stereocenters. The number of amides is 1. The fourth-order valence-corrected chi connectivity index (χ4v) is 4.99. The Kier molecular flexibility index (Phi) is 6.20. The third-order valence-electron chi connectivity index (χ3n) is 4.30. The first-order valence-corrected chi connectivity index (χ1v) is 10.3. The van der Waals surface area contributed by atoms with Crippen LogP contribution in [-0.4, -0.2) is 73.9 Å². The first kappa shape index (κ1) is 19.8. The van der Waals surface area contributed by atoms with Gasteiger partial charge in [-0.1, -0.05) is 6.92 Å². The van der Waals surface area contributed by atoms with Crippen molar-refractivity contribution in [1.29, 1.82) is 0 Å². The van der Waals surface area contributed by atoms with Crippen LogP contribution in [0.25, 0.3) is 0 Å². The van der Waals surface area contributed by atoms with E-state index in [1.54, 1.807) is 5.38 Å². The van der Waals surface area contributed by atoms with Crippen LogP contribution in [0.4, 0.5) is 0 Å². The summed E-state index contributed by atoms with van der Waals surface area (Å²) in [5.41, 5.74) is 0. The van der Waals surface area contributed by atoms with Crippen molar-refractivity contribution in [2.45, 2.75) is 36.7 Å². The maximum atomic E-state index is 12.4. The zero-order valence-electron chi connectivity index (χ0n) is 14.4. The summed E-state index contributed by atoms with van der Waals surface area (Å²) in [5, 5.41) is 13.3. The van der Waals surface area contributed by atoms with Crippen LogP contribution < -0.4 is 5.32 Å². The lowest BCUT2D eigenvalue weighted by atomic mass is 9.85. The summed E-state index contributed by atoms with van der Waals surface area (Å²) in [7, 11) is -0.819. The molecule has 1 amide bonds. The molecule has 1 aliphatic rings. The molecule has 8 nitrogen and oxygen atoms in total. The van der Waals surface area contributed by atoms with Gasteiger partial charge in [-0.3, -0.25) is 14.5 Å². The molecule has 1 saturated carbocycles. The number of carbonyl (C=O) groups is 2. The van der Waals surface area contributed by atoms with Crippen molar-refractivity contribution in [1.82, 2.24) is 14.5 Å². The van der Waals surface area contributed by atoms with E-state index in [9.17, 15) is 18.0 Å². The average Bonchev–Trinajstić information content (AvgIpc) is 2.98. The molecule has 2 N–H and O–H groups in total. The van der Waals surface area contributed by atoms with Crippen LogP contribution in [0.1, 0.15) is 29.4 Å². The molecule has 0 saturated heterocycles. The van der Waals surface area contributed by atoms with Crippen molar-refractivity contribution in [2.75, 3.05) is 27.2 Å². The second-order valence-electron chi connectivity index (χ2n) is 6.15. The number of likely N-dealkylation sites (N-methyl/N-ethyl adjacent to an activating group) is 1. The predicted molar refractivity (Wildman–Crippen MR) is 94.4 cm³/mol. The average molecular weight is 389 g/mol. The molecule has 0 radical (unpaired) electrons. The van der Waals surface area contributed by atoms with Crippen LogP contribution >= 0.6 is 11.3 Å². The van der Waals surface area contributed by atoms with Gasteiger partial charge in [-0.15, -0.1) is 11.3 Å². The Morgan fingerprint density at radius 3 is 2.52 bits per heavy atom. The van der Waals surface area contributed by atoms with E-state index in [1.165, 1.54) is 20.2 Å². The second-order valence-corrected chi connectivity index (χ2v) is 9.19. The highest BCUT2D eigenvalue weighted by atomic mass is 32.2. The molecule has 140 valence electrons. The lowest BCUT2D eigenvalue weighted by molar-refractivity contribution is -0.139. The van der Waals surface area contributed by atoms with Crippen molar-refractivity contribution in [3.63, 3.8) is 0 Å². The standard InChI is InChI=1S/C15H23N3O5S2/c1-4-18(9-13(19)20)11-7-10(8-11)16-15(21)14-12(5-6-24-14)25(22,23)17(2)3/h5-6,10-11H,4,7-9H2,1-3H3,(H,16,21)(H,19,20). The van der Waals surface area contributed by atoms with Gasteiger partial charge in [0.15, 0.2) is 0 Å². The number of nitrogens with one attached hydrogen (secondary N) is 1. The third kappa shape index (κ3) is 4.38. The molecule has 1 fully saturated rings. The smallest absolute Gasteiger partial charge is 0.317 e. The number of carboxylic acids is 1. The van der Waals surface area contributed by atoms with E-state index in [4.69, 9.17) is 5.11 Å². The number of hydrogen-bond acceptors (Lipinski definition) is 6. The fraction of sp³-hybridized carbons (Fsp3) is 0.600. The number of thiophene rings is 1. The summed E-state index contributed by atoms with van der Waals surface area (Å²) in [6.45, 7) is 2.52. The van der Waals surface area contributed by atoms with Crippen LogP contribution in [0.5, 0.6) is 0 Å². The summed E-state index contributed by atoms with van der Waals surface area (Å²) in [6, 6.07) is 1.49. The molecule has 0 atom stereocenters. The molecule has 10 heteroatoms. The molecule has 1 aromatic rings. The zero-order chi connectivity index (χ0) is 18.8. The molecule has 0 bridgehead atoms. The number of sulfonamides is 1.